The van der Waals surface area contributed by atoms with Crippen LogP contribution in [0.2, 0.25) is 5.15 Å². The first-order valence-electron chi connectivity index (χ1n) is 6.46. The highest BCUT2D eigenvalue weighted by Crippen LogP contribution is 2.18. The molecule has 1 heterocycles. The standard InChI is InChI=1S/C14H21ClN2O2/c1-5-8(2)11(18)7-16-14(19)12-9(3)6-10(4)17-13(12)15/h6,8,11,18H,5,7H2,1-4H3,(H,16,19). The van der Waals surface area contributed by atoms with E-state index in [4.69, 9.17) is 11.6 Å². The number of pyridine rings is 1. The van der Waals surface area contributed by atoms with E-state index in [1.807, 2.05) is 33.8 Å². The van der Waals surface area contributed by atoms with E-state index in [9.17, 15) is 9.90 Å². The van der Waals surface area contributed by atoms with E-state index in [1.165, 1.54) is 0 Å². The van der Waals surface area contributed by atoms with Crippen LogP contribution in [0.15, 0.2) is 6.07 Å². The Bertz CT molecular complexity index is 440. The molecule has 1 rings (SSSR count). The van der Waals surface area contributed by atoms with Gasteiger partial charge < -0.3 is 10.4 Å². The molecule has 5 heteroatoms. The molecule has 1 aromatic heterocycles. The molecule has 0 aromatic carbocycles. The highest BCUT2D eigenvalue weighted by molar-refractivity contribution is 6.32. The van der Waals surface area contributed by atoms with Crippen molar-refractivity contribution in [2.24, 2.45) is 5.92 Å². The Morgan fingerprint density at radius 3 is 2.68 bits per heavy atom. The minimum absolute atomic E-state index is 0.146. The van der Waals surface area contributed by atoms with E-state index in [0.29, 0.717) is 5.56 Å². The van der Waals surface area contributed by atoms with Gasteiger partial charge in [-0.1, -0.05) is 31.9 Å². The molecule has 106 valence electrons. The van der Waals surface area contributed by atoms with Gasteiger partial charge in [0, 0.05) is 12.2 Å². The predicted octanol–water partition coefficient (Wildman–Crippen LogP) is 2.49. The molecule has 1 aromatic rings. The van der Waals surface area contributed by atoms with Gasteiger partial charge in [-0.25, -0.2) is 4.98 Å². The number of carbonyl (C=O) groups is 1. The van der Waals surface area contributed by atoms with E-state index in [2.05, 4.69) is 10.3 Å². The van der Waals surface area contributed by atoms with Crippen LogP contribution in [0.3, 0.4) is 0 Å². The topological polar surface area (TPSA) is 62.2 Å². The van der Waals surface area contributed by atoms with Crippen LogP contribution in [-0.2, 0) is 0 Å². The summed E-state index contributed by atoms with van der Waals surface area (Å²) in [5, 5.41) is 12.7. The van der Waals surface area contributed by atoms with E-state index in [1.54, 1.807) is 0 Å². The number of aryl methyl sites for hydroxylation is 2. The normalized spacial score (nSPS) is 14.0. The molecular formula is C14H21ClN2O2. The molecule has 0 bridgehead atoms. The van der Waals surface area contributed by atoms with Gasteiger partial charge in [0.2, 0.25) is 0 Å². The highest BCUT2D eigenvalue weighted by atomic mass is 35.5. The Kier molecular flexibility index (Phi) is 5.76. The van der Waals surface area contributed by atoms with Crippen LogP contribution in [0.5, 0.6) is 0 Å². The van der Waals surface area contributed by atoms with Gasteiger partial charge in [0.05, 0.1) is 11.7 Å². The summed E-state index contributed by atoms with van der Waals surface area (Å²) in [5.74, 6) is -0.148. The molecule has 1 amide bonds. The maximum atomic E-state index is 12.1. The SMILES string of the molecule is CCC(C)C(O)CNC(=O)c1c(C)cc(C)nc1Cl. The molecule has 4 nitrogen and oxygen atoms in total. The van der Waals surface area contributed by atoms with E-state index in [-0.39, 0.29) is 23.5 Å². The second-order valence-electron chi connectivity index (χ2n) is 4.91. The quantitative estimate of drug-likeness (QED) is 0.817. The van der Waals surface area contributed by atoms with Crippen molar-refractivity contribution in [3.8, 4) is 0 Å². The van der Waals surface area contributed by atoms with Gasteiger partial charge >= 0.3 is 0 Å². The summed E-state index contributed by atoms with van der Waals surface area (Å²) in [4.78, 5) is 16.1. The van der Waals surface area contributed by atoms with E-state index in [0.717, 1.165) is 17.7 Å². The monoisotopic (exact) mass is 284 g/mol. The largest absolute Gasteiger partial charge is 0.391 e. The second kappa shape index (κ2) is 6.87. The average molecular weight is 285 g/mol. The lowest BCUT2D eigenvalue weighted by Gasteiger charge is -2.18. The Balaban J connectivity index is 2.74. The minimum atomic E-state index is -0.550. The first-order valence-corrected chi connectivity index (χ1v) is 6.84. The number of rotatable bonds is 5. The zero-order chi connectivity index (χ0) is 14.6. The van der Waals surface area contributed by atoms with Crippen molar-refractivity contribution in [3.05, 3.63) is 28.0 Å². The number of hydrogen-bond acceptors (Lipinski definition) is 3. The maximum absolute atomic E-state index is 12.1. The van der Waals surface area contributed by atoms with Crippen LogP contribution in [0.25, 0.3) is 0 Å². The number of nitrogens with one attached hydrogen (secondary N) is 1. The van der Waals surface area contributed by atoms with Crippen LogP contribution in [-0.4, -0.2) is 28.6 Å². The van der Waals surface area contributed by atoms with E-state index < -0.39 is 6.10 Å². The number of amides is 1. The van der Waals surface area contributed by atoms with Crippen molar-refractivity contribution in [1.82, 2.24) is 10.3 Å². The first-order chi connectivity index (χ1) is 8.86. The van der Waals surface area contributed by atoms with Crippen LogP contribution in [0.4, 0.5) is 0 Å². The molecule has 2 atom stereocenters. The van der Waals surface area contributed by atoms with Gasteiger partial charge in [0.15, 0.2) is 0 Å². The van der Waals surface area contributed by atoms with Crippen LogP contribution < -0.4 is 5.32 Å². The van der Waals surface area contributed by atoms with Gasteiger partial charge in [0.25, 0.3) is 5.91 Å². The van der Waals surface area contributed by atoms with Gasteiger partial charge in [0.1, 0.15) is 5.15 Å². The molecule has 0 aliphatic heterocycles. The minimum Gasteiger partial charge on any atom is -0.391 e. The molecule has 0 saturated carbocycles. The molecule has 2 N–H and O–H groups in total. The summed E-state index contributed by atoms with van der Waals surface area (Å²) in [6, 6.07) is 1.81. The molecule has 0 saturated heterocycles. The number of aliphatic hydroxyl groups excluding tert-OH is 1. The van der Waals surface area contributed by atoms with Crippen molar-refractivity contribution < 1.29 is 9.90 Å². The third-order valence-corrected chi connectivity index (χ3v) is 3.57. The first kappa shape index (κ1) is 15.9. The zero-order valence-electron chi connectivity index (χ0n) is 11.8. The maximum Gasteiger partial charge on any atom is 0.254 e. The third kappa shape index (κ3) is 4.18. The molecule has 0 spiro atoms. The zero-order valence-corrected chi connectivity index (χ0v) is 12.6. The molecule has 0 fully saturated rings. The van der Waals surface area contributed by atoms with Gasteiger partial charge in [-0.3, -0.25) is 4.79 Å². The van der Waals surface area contributed by atoms with Gasteiger partial charge in [-0.15, -0.1) is 0 Å². The summed E-state index contributed by atoms with van der Waals surface area (Å²) in [5.41, 5.74) is 1.94. The van der Waals surface area contributed by atoms with Crippen LogP contribution in [0.1, 0.15) is 41.9 Å². The molecular weight excluding hydrogens is 264 g/mol. The Morgan fingerprint density at radius 2 is 2.16 bits per heavy atom. The third-order valence-electron chi connectivity index (χ3n) is 3.30. The fourth-order valence-electron chi connectivity index (χ4n) is 1.82. The lowest BCUT2D eigenvalue weighted by molar-refractivity contribution is 0.0849. The predicted molar refractivity (Wildman–Crippen MR) is 76.5 cm³/mol. The highest BCUT2D eigenvalue weighted by Gasteiger charge is 2.18. The van der Waals surface area contributed by atoms with Crippen molar-refractivity contribution in [2.45, 2.75) is 40.2 Å². The lowest BCUT2D eigenvalue weighted by Crippen LogP contribution is -2.35. The summed E-state index contributed by atoms with van der Waals surface area (Å²) >= 11 is 6.00. The fraction of sp³-hybridized carbons (Fsp3) is 0.571. The Hall–Kier alpha value is -1.13. The molecule has 0 aliphatic rings. The second-order valence-corrected chi connectivity index (χ2v) is 5.27. The molecule has 0 aliphatic carbocycles. The average Bonchev–Trinajstić information content (AvgIpc) is 2.33. The number of carbonyl (C=O) groups excluding carboxylic acids is 1. The van der Waals surface area contributed by atoms with Gasteiger partial charge in [-0.05, 0) is 31.4 Å². The Labute approximate surface area is 119 Å². The number of aromatic nitrogens is 1. The number of halogens is 1. The summed E-state index contributed by atoms with van der Waals surface area (Å²) in [7, 11) is 0. The summed E-state index contributed by atoms with van der Waals surface area (Å²) in [6.45, 7) is 7.81. The number of aliphatic hydroxyl groups is 1. The smallest absolute Gasteiger partial charge is 0.254 e. The molecule has 2 unspecified atom stereocenters. The number of hydrogen-bond donors (Lipinski definition) is 2. The van der Waals surface area contributed by atoms with Gasteiger partial charge in [-0.2, -0.15) is 0 Å². The van der Waals surface area contributed by atoms with Crippen molar-refractivity contribution in [1.29, 1.82) is 0 Å². The van der Waals surface area contributed by atoms with Crippen molar-refractivity contribution in [3.63, 3.8) is 0 Å². The summed E-state index contributed by atoms with van der Waals surface area (Å²) < 4.78 is 0. The Morgan fingerprint density at radius 1 is 1.53 bits per heavy atom. The summed E-state index contributed by atoms with van der Waals surface area (Å²) in [6.07, 6.45) is 0.314. The number of nitrogens with zero attached hydrogens (tertiary/aromatic N) is 1. The lowest BCUT2D eigenvalue weighted by atomic mass is 10.0. The van der Waals surface area contributed by atoms with Crippen LogP contribution in [0, 0.1) is 19.8 Å². The van der Waals surface area contributed by atoms with Crippen LogP contribution >= 0.6 is 11.6 Å². The molecule has 0 radical (unpaired) electrons. The van der Waals surface area contributed by atoms with Crippen molar-refractivity contribution >= 4 is 17.5 Å². The van der Waals surface area contributed by atoms with E-state index >= 15 is 0 Å². The van der Waals surface area contributed by atoms with Crippen molar-refractivity contribution in [2.75, 3.05) is 6.54 Å². The fourth-order valence-corrected chi connectivity index (χ4v) is 2.19. The molecule has 19 heavy (non-hydrogen) atoms.